The van der Waals surface area contributed by atoms with Crippen molar-refractivity contribution in [3.63, 3.8) is 0 Å². The van der Waals surface area contributed by atoms with Crippen molar-refractivity contribution < 1.29 is 14.3 Å². The van der Waals surface area contributed by atoms with Gasteiger partial charge in [0.25, 0.3) is 0 Å². The van der Waals surface area contributed by atoms with Crippen molar-refractivity contribution in [1.82, 2.24) is 0 Å². The van der Waals surface area contributed by atoms with Crippen LogP contribution in [0.2, 0.25) is 0 Å². The van der Waals surface area contributed by atoms with Gasteiger partial charge in [0.1, 0.15) is 0 Å². The van der Waals surface area contributed by atoms with Gasteiger partial charge in [-0.15, -0.1) is 0 Å². The molecule has 0 aromatic rings. The number of esters is 1. The second-order valence-electron chi connectivity index (χ2n) is 3.04. The average molecular weight is 228 g/mol. The minimum absolute atomic E-state index is 0.268. The molecule has 0 rings (SSSR count). The first kappa shape index (κ1) is 16.8. The van der Waals surface area contributed by atoms with Crippen LogP contribution in [0.3, 0.4) is 0 Å². The Hall–Kier alpha value is -1.62. The van der Waals surface area contributed by atoms with Crippen molar-refractivity contribution in [2.45, 2.75) is 20.3 Å². The monoisotopic (exact) mass is 228 g/mol. The number of carbonyl (C=O) groups is 2. The molecular weight excluding hydrogens is 208 g/mol. The molecule has 0 heterocycles. The second kappa shape index (κ2) is 9.92. The molecule has 0 unspecified atom stereocenters. The molecular formula is C11H20N2O3. The van der Waals surface area contributed by atoms with Crippen LogP contribution >= 0.6 is 0 Å². The van der Waals surface area contributed by atoms with E-state index in [2.05, 4.69) is 17.0 Å². The smallest absolute Gasteiger partial charge is 0.333 e. The summed E-state index contributed by atoms with van der Waals surface area (Å²) in [5, 5.41) is 0. The molecule has 0 aliphatic heterocycles. The molecule has 0 aliphatic carbocycles. The van der Waals surface area contributed by atoms with Crippen LogP contribution in [0.15, 0.2) is 23.8 Å². The first-order chi connectivity index (χ1) is 7.40. The Bertz CT molecular complexity index is 283. The Kier molecular flexibility index (Phi) is 10.4. The fraction of sp³-hybridized carbons (Fsp3) is 0.455. The third kappa shape index (κ3) is 8.96. The number of nitrogens with two attached hydrogens (primary N) is 2. The predicted octanol–water partition coefficient (Wildman–Crippen LogP) is 0.502. The largest absolute Gasteiger partial charge is 0.466 e. The number of hydrogen-bond acceptors (Lipinski definition) is 4. The van der Waals surface area contributed by atoms with E-state index in [1.165, 1.54) is 7.11 Å². The first-order valence-corrected chi connectivity index (χ1v) is 4.77. The van der Waals surface area contributed by atoms with Crippen molar-refractivity contribution in [2.75, 3.05) is 13.7 Å². The lowest BCUT2D eigenvalue weighted by molar-refractivity contribution is -0.136. The van der Waals surface area contributed by atoms with Crippen LogP contribution in [-0.2, 0) is 14.3 Å². The Morgan fingerprint density at radius 2 is 1.81 bits per heavy atom. The van der Waals surface area contributed by atoms with E-state index in [1.54, 1.807) is 6.92 Å². The molecule has 0 aromatic heterocycles. The minimum Gasteiger partial charge on any atom is -0.466 e. The maximum absolute atomic E-state index is 10.9. The fourth-order valence-corrected chi connectivity index (χ4v) is 0.731. The molecule has 0 atom stereocenters. The summed E-state index contributed by atoms with van der Waals surface area (Å²) in [6.07, 6.45) is 1.81. The Morgan fingerprint density at radius 3 is 2.06 bits per heavy atom. The number of ether oxygens (including phenoxy) is 1. The molecule has 0 aliphatic rings. The van der Waals surface area contributed by atoms with Crippen LogP contribution in [0.4, 0.5) is 0 Å². The van der Waals surface area contributed by atoms with E-state index in [1.807, 2.05) is 6.92 Å². The summed E-state index contributed by atoms with van der Waals surface area (Å²) in [6.45, 7) is 7.29. The lowest BCUT2D eigenvalue weighted by atomic mass is 10.1. The van der Waals surface area contributed by atoms with E-state index in [4.69, 9.17) is 5.73 Å². The summed E-state index contributed by atoms with van der Waals surface area (Å²) >= 11 is 0. The molecule has 5 heteroatoms. The lowest BCUT2D eigenvalue weighted by Crippen LogP contribution is -2.06. The molecule has 0 saturated heterocycles. The third-order valence-electron chi connectivity index (χ3n) is 1.85. The summed E-state index contributed by atoms with van der Waals surface area (Å²) in [7, 11) is 1.38. The van der Waals surface area contributed by atoms with Gasteiger partial charge in [-0.3, -0.25) is 4.79 Å². The molecule has 0 saturated carbocycles. The predicted molar refractivity (Wildman–Crippen MR) is 63.5 cm³/mol. The number of rotatable bonds is 4. The summed E-state index contributed by atoms with van der Waals surface area (Å²) in [5.74, 6) is -0.749. The number of carbonyl (C=O) groups excluding carboxylic acids is 2. The topological polar surface area (TPSA) is 95.4 Å². The molecule has 0 spiro atoms. The zero-order valence-corrected chi connectivity index (χ0v) is 10.1. The maximum Gasteiger partial charge on any atom is 0.333 e. The van der Waals surface area contributed by atoms with Crippen LogP contribution < -0.4 is 11.5 Å². The van der Waals surface area contributed by atoms with Crippen LogP contribution in [0.25, 0.3) is 0 Å². The number of primary amides is 1. The molecule has 92 valence electrons. The number of methoxy groups -OCH3 is 1. The summed E-state index contributed by atoms with van der Waals surface area (Å²) in [6, 6.07) is 0. The molecule has 0 bridgehead atoms. The van der Waals surface area contributed by atoms with Crippen molar-refractivity contribution in [1.29, 1.82) is 0 Å². The van der Waals surface area contributed by atoms with Gasteiger partial charge in [0.05, 0.1) is 7.11 Å². The van der Waals surface area contributed by atoms with E-state index in [-0.39, 0.29) is 5.97 Å². The minimum atomic E-state index is -0.481. The van der Waals surface area contributed by atoms with Crippen LogP contribution in [0, 0.1) is 0 Å². The first-order valence-electron chi connectivity index (χ1n) is 4.77. The fourth-order valence-electron chi connectivity index (χ4n) is 0.731. The molecule has 0 aromatic carbocycles. The quantitative estimate of drug-likeness (QED) is 0.541. The summed E-state index contributed by atoms with van der Waals surface area (Å²) in [5.41, 5.74) is 11.5. The number of hydrogen-bond donors (Lipinski definition) is 2. The maximum atomic E-state index is 10.9. The van der Waals surface area contributed by atoms with Gasteiger partial charge >= 0.3 is 5.97 Å². The molecule has 0 radical (unpaired) electrons. The van der Waals surface area contributed by atoms with Gasteiger partial charge in [-0.2, -0.15) is 0 Å². The zero-order chi connectivity index (χ0) is 13.1. The van der Waals surface area contributed by atoms with Crippen molar-refractivity contribution >= 4 is 11.9 Å². The summed E-state index contributed by atoms with van der Waals surface area (Å²) in [4.78, 5) is 20.4. The molecule has 1 amide bonds. The van der Waals surface area contributed by atoms with Gasteiger partial charge < -0.3 is 16.2 Å². The van der Waals surface area contributed by atoms with Gasteiger partial charge in [-0.1, -0.05) is 12.2 Å². The summed E-state index contributed by atoms with van der Waals surface area (Å²) < 4.78 is 4.54. The normalized spacial score (nSPS) is 10.5. The highest BCUT2D eigenvalue weighted by Gasteiger charge is 2.05. The molecule has 5 nitrogen and oxygen atoms in total. The van der Waals surface area contributed by atoms with Crippen LogP contribution in [0.1, 0.15) is 20.3 Å². The lowest BCUT2D eigenvalue weighted by Gasteiger charge is -2.03. The van der Waals surface area contributed by atoms with Gasteiger partial charge in [-0.05, 0) is 32.9 Å². The highest BCUT2D eigenvalue weighted by molar-refractivity contribution is 5.88. The highest BCUT2D eigenvalue weighted by atomic mass is 16.5. The highest BCUT2D eigenvalue weighted by Crippen LogP contribution is 2.07. The number of amides is 1. The van der Waals surface area contributed by atoms with Crippen molar-refractivity contribution in [2.24, 2.45) is 11.5 Å². The van der Waals surface area contributed by atoms with E-state index < -0.39 is 5.91 Å². The second-order valence-corrected chi connectivity index (χ2v) is 3.04. The van der Waals surface area contributed by atoms with E-state index in [9.17, 15) is 9.59 Å². The van der Waals surface area contributed by atoms with Gasteiger partial charge in [0, 0.05) is 5.57 Å². The average Bonchev–Trinajstić information content (AvgIpc) is 2.28. The van der Waals surface area contributed by atoms with Crippen LogP contribution in [0.5, 0.6) is 0 Å². The third-order valence-corrected chi connectivity index (χ3v) is 1.85. The van der Waals surface area contributed by atoms with E-state index in [0.717, 1.165) is 18.1 Å². The van der Waals surface area contributed by atoms with Gasteiger partial charge in [0.15, 0.2) is 0 Å². The van der Waals surface area contributed by atoms with E-state index >= 15 is 0 Å². The molecule has 4 N–H and O–H groups in total. The van der Waals surface area contributed by atoms with Crippen molar-refractivity contribution in [3.8, 4) is 0 Å². The molecule has 16 heavy (non-hydrogen) atoms. The molecule has 0 fully saturated rings. The Morgan fingerprint density at radius 1 is 1.38 bits per heavy atom. The van der Waals surface area contributed by atoms with Gasteiger partial charge in [0.2, 0.25) is 5.91 Å². The Balaban J connectivity index is 0. The Labute approximate surface area is 96.1 Å². The van der Waals surface area contributed by atoms with Gasteiger partial charge in [-0.25, -0.2) is 4.79 Å². The van der Waals surface area contributed by atoms with Crippen molar-refractivity contribution in [3.05, 3.63) is 23.8 Å². The van der Waals surface area contributed by atoms with Crippen LogP contribution in [-0.4, -0.2) is 25.5 Å². The SMILES string of the molecule is C=CC(N)=O.COC(=O)C(C)=C(C)CCN. The zero-order valence-electron chi connectivity index (χ0n) is 10.1. The van der Waals surface area contributed by atoms with E-state index in [0.29, 0.717) is 12.1 Å². The standard InChI is InChI=1S/C8H15NO2.C3H5NO/c1-6(4-5-9)7(2)8(10)11-3;1-2-3(4)5/h4-5,9H2,1-3H3;2H,1H2,(H2,4,5).